The van der Waals surface area contributed by atoms with Crippen molar-refractivity contribution < 1.29 is 14.1 Å². The number of nitrogens with one attached hydrogen (secondary N) is 1. The van der Waals surface area contributed by atoms with Crippen LogP contribution in [0.1, 0.15) is 49.3 Å². The molecular formula is C20H30ClN3O3. The maximum Gasteiger partial charge on any atom is 0.224 e. The monoisotopic (exact) mass is 395 g/mol. The first-order chi connectivity index (χ1) is 12.4. The van der Waals surface area contributed by atoms with Crippen molar-refractivity contribution in [3.8, 4) is 5.75 Å². The third-order valence-corrected chi connectivity index (χ3v) is 5.00. The summed E-state index contributed by atoms with van der Waals surface area (Å²) in [5, 5.41) is 7.00. The molecule has 2 aromatic rings. The van der Waals surface area contributed by atoms with Gasteiger partial charge in [0, 0.05) is 6.54 Å². The molecule has 0 bridgehead atoms. The molecule has 0 saturated carbocycles. The van der Waals surface area contributed by atoms with Crippen LogP contribution < -0.4 is 15.8 Å². The Morgan fingerprint density at radius 1 is 1.22 bits per heavy atom. The lowest BCUT2D eigenvalue weighted by Gasteiger charge is -2.31. The number of carbonyl (C=O) groups excluding carboxylic acids is 1. The third-order valence-electron chi connectivity index (χ3n) is 5.00. The maximum absolute atomic E-state index is 12.3. The van der Waals surface area contributed by atoms with E-state index in [1.807, 2.05) is 52.0 Å². The van der Waals surface area contributed by atoms with Crippen molar-refractivity contribution in [3.05, 3.63) is 46.8 Å². The number of carbonyl (C=O) groups is 1. The maximum atomic E-state index is 12.3. The van der Waals surface area contributed by atoms with Crippen LogP contribution in [0.4, 0.5) is 0 Å². The first-order valence-electron chi connectivity index (χ1n) is 9.07. The second-order valence-corrected chi connectivity index (χ2v) is 6.65. The molecule has 0 aliphatic carbocycles. The zero-order chi connectivity index (χ0) is 19.2. The van der Waals surface area contributed by atoms with Crippen LogP contribution in [-0.2, 0) is 17.8 Å². The third kappa shape index (κ3) is 5.97. The average molecular weight is 396 g/mol. The van der Waals surface area contributed by atoms with E-state index < -0.39 is 0 Å². The van der Waals surface area contributed by atoms with Gasteiger partial charge in [-0.1, -0.05) is 31.1 Å². The van der Waals surface area contributed by atoms with Gasteiger partial charge in [-0.15, -0.1) is 12.4 Å². The Labute approximate surface area is 167 Å². The summed E-state index contributed by atoms with van der Waals surface area (Å²) in [6.07, 6.45) is 1.96. The van der Waals surface area contributed by atoms with Gasteiger partial charge in [-0.25, -0.2) is 0 Å². The molecule has 6 nitrogen and oxygen atoms in total. The van der Waals surface area contributed by atoms with Gasteiger partial charge in [0.05, 0.1) is 23.2 Å². The Morgan fingerprint density at radius 2 is 1.85 bits per heavy atom. The number of ether oxygens (including phenoxy) is 1. The summed E-state index contributed by atoms with van der Waals surface area (Å²) in [6.45, 7) is 8.70. The highest BCUT2D eigenvalue weighted by atomic mass is 35.5. The molecule has 1 aromatic carbocycles. The summed E-state index contributed by atoms with van der Waals surface area (Å²) in [6, 6.07) is 7.56. The quantitative estimate of drug-likeness (QED) is 0.678. The lowest BCUT2D eigenvalue weighted by molar-refractivity contribution is -0.122. The molecule has 0 aliphatic rings. The van der Waals surface area contributed by atoms with Gasteiger partial charge >= 0.3 is 0 Å². The Bertz CT molecular complexity index is 697. The molecule has 7 heteroatoms. The Hall–Kier alpha value is -2.05. The highest BCUT2D eigenvalue weighted by molar-refractivity contribution is 5.85. The molecule has 0 aliphatic heterocycles. The van der Waals surface area contributed by atoms with Gasteiger partial charge < -0.3 is 20.3 Å². The fourth-order valence-electron chi connectivity index (χ4n) is 2.86. The number of rotatable bonds is 9. The highest BCUT2D eigenvalue weighted by Gasteiger charge is 2.26. The SMILES string of the molecule is CCC(CC)(CN)NC(=O)Cc1ccc(OCc2c(C)noc2C)cc1.Cl. The molecule has 3 N–H and O–H groups in total. The van der Waals surface area contributed by atoms with Gasteiger partial charge in [-0.2, -0.15) is 0 Å². The van der Waals surface area contributed by atoms with Crippen LogP contribution in [0.25, 0.3) is 0 Å². The molecule has 1 aromatic heterocycles. The van der Waals surface area contributed by atoms with Crippen molar-refractivity contribution in [1.82, 2.24) is 10.5 Å². The Kier molecular flexibility index (Phi) is 8.79. The standard InChI is InChI=1S/C20H29N3O3.ClH/c1-5-20(6-2,13-21)22-19(24)11-16-7-9-17(10-8-16)25-12-18-14(3)23-26-15(18)4;/h7-10H,5-6,11-13,21H2,1-4H3,(H,22,24);1H. The number of amides is 1. The molecule has 0 unspecified atom stereocenters. The zero-order valence-corrected chi connectivity index (χ0v) is 17.3. The largest absolute Gasteiger partial charge is 0.489 e. The predicted octanol–water partition coefficient (Wildman–Crippen LogP) is 3.47. The minimum Gasteiger partial charge on any atom is -0.489 e. The van der Waals surface area contributed by atoms with E-state index in [2.05, 4.69) is 10.5 Å². The summed E-state index contributed by atoms with van der Waals surface area (Å²) >= 11 is 0. The minimum atomic E-state index is -0.311. The summed E-state index contributed by atoms with van der Waals surface area (Å²) in [5.74, 6) is 1.50. The van der Waals surface area contributed by atoms with Gasteiger partial charge in [0.15, 0.2) is 0 Å². The van der Waals surface area contributed by atoms with Gasteiger partial charge in [0.25, 0.3) is 0 Å². The van der Waals surface area contributed by atoms with Crippen molar-refractivity contribution in [2.75, 3.05) is 6.54 Å². The van der Waals surface area contributed by atoms with E-state index in [1.165, 1.54) is 0 Å². The lowest BCUT2D eigenvalue weighted by Crippen LogP contribution is -2.53. The van der Waals surface area contributed by atoms with Crippen molar-refractivity contribution in [3.63, 3.8) is 0 Å². The molecule has 1 amide bonds. The smallest absolute Gasteiger partial charge is 0.224 e. The first kappa shape index (κ1) is 23.0. The van der Waals surface area contributed by atoms with E-state index in [9.17, 15) is 4.79 Å². The number of halogens is 1. The van der Waals surface area contributed by atoms with Crippen molar-refractivity contribution in [2.45, 2.75) is 59.1 Å². The molecule has 2 rings (SSSR count). The Morgan fingerprint density at radius 3 is 2.33 bits per heavy atom. The van der Waals surface area contributed by atoms with Gasteiger partial charge in [0.2, 0.25) is 5.91 Å². The molecular weight excluding hydrogens is 366 g/mol. The normalized spacial score (nSPS) is 11.0. The number of aromatic nitrogens is 1. The van der Waals surface area contributed by atoms with E-state index >= 15 is 0 Å². The van der Waals surface area contributed by atoms with Crippen molar-refractivity contribution in [1.29, 1.82) is 0 Å². The topological polar surface area (TPSA) is 90.4 Å². The zero-order valence-electron chi connectivity index (χ0n) is 16.5. The first-order valence-corrected chi connectivity index (χ1v) is 9.07. The molecule has 0 radical (unpaired) electrons. The van der Waals surface area contributed by atoms with Gasteiger partial charge in [0.1, 0.15) is 18.1 Å². The van der Waals surface area contributed by atoms with E-state index in [-0.39, 0.29) is 23.9 Å². The summed E-state index contributed by atoms with van der Waals surface area (Å²) in [4.78, 5) is 12.3. The van der Waals surface area contributed by atoms with Crippen molar-refractivity contribution in [2.24, 2.45) is 5.73 Å². The summed E-state index contributed by atoms with van der Waals surface area (Å²) in [7, 11) is 0. The number of hydrogen-bond donors (Lipinski definition) is 2. The molecule has 1 heterocycles. The van der Waals surface area contributed by atoms with E-state index in [1.54, 1.807) is 0 Å². The summed E-state index contributed by atoms with van der Waals surface area (Å²) in [5.41, 5.74) is 8.27. The van der Waals surface area contributed by atoms with E-state index in [0.717, 1.165) is 41.2 Å². The number of nitrogens with two attached hydrogens (primary N) is 1. The van der Waals surface area contributed by atoms with Gasteiger partial charge in [-0.3, -0.25) is 4.79 Å². The van der Waals surface area contributed by atoms with Crippen molar-refractivity contribution >= 4 is 18.3 Å². The van der Waals surface area contributed by atoms with Crippen LogP contribution in [0.15, 0.2) is 28.8 Å². The van der Waals surface area contributed by atoms with Crippen LogP contribution in [0.3, 0.4) is 0 Å². The molecule has 0 saturated heterocycles. The van der Waals surface area contributed by atoms with Crippen LogP contribution in [-0.4, -0.2) is 23.1 Å². The Balaban J connectivity index is 0.00000364. The van der Waals surface area contributed by atoms with Crippen LogP contribution in [0.2, 0.25) is 0 Å². The number of hydrogen-bond acceptors (Lipinski definition) is 5. The number of benzene rings is 1. The number of aryl methyl sites for hydroxylation is 2. The van der Waals surface area contributed by atoms with E-state index in [0.29, 0.717) is 19.6 Å². The second kappa shape index (κ2) is 10.3. The lowest BCUT2D eigenvalue weighted by atomic mass is 9.92. The second-order valence-electron chi connectivity index (χ2n) is 6.65. The number of nitrogens with zero attached hydrogens (tertiary/aromatic N) is 1. The molecule has 150 valence electrons. The van der Waals surface area contributed by atoms with Crippen LogP contribution in [0.5, 0.6) is 5.75 Å². The highest BCUT2D eigenvalue weighted by Crippen LogP contribution is 2.19. The van der Waals surface area contributed by atoms with Crippen LogP contribution in [0, 0.1) is 13.8 Å². The fourth-order valence-corrected chi connectivity index (χ4v) is 2.86. The van der Waals surface area contributed by atoms with Crippen LogP contribution >= 0.6 is 12.4 Å². The van der Waals surface area contributed by atoms with E-state index in [4.69, 9.17) is 15.0 Å². The molecule has 0 spiro atoms. The molecule has 0 fully saturated rings. The molecule has 0 atom stereocenters. The molecule has 27 heavy (non-hydrogen) atoms. The fraction of sp³-hybridized carbons (Fsp3) is 0.500. The average Bonchev–Trinajstić information content (AvgIpc) is 2.97. The summed E-state index contributed by atoms with van der Waals surface area (Å²) < 4.78 is 10.9. The predicted molar refractivity (Wildman–Crippen MR) is 108 cm³/mol. The van der Waals surface area contributed by atoms with Gasteiger partial charge in [-0.05, 0) is 44.4 Å². The minimum absolute atomic E-state index is 0.